The van der Waals surface area contributed by atoms with Crippen molar-refractivity contribution in [2.75, 3.05) is 64.2 Å². The van der Waals surface area contributed by atoms with Crippen LogP contribution in [0.15, 0.2) is 126 Å². The number of anilines is 2. The van der Waals surface area contributed by atoms with Crippen LogP contribution < -0.4 is 9.80 Å². The second-order valence-electron chi connectivity index (χ2n) is 19.2. The van der Waals surface area contributed by atoms with Crippen LogP contribution in [0.3, 0.4) is 0 Å². The summed E-state index contributed by atoms with van der Waals surface area (Å²) >= 11 is 3.30. The predicted molar refractivity (Wildman–Crippen MR) is 293 cm³/mol. The third kappa shape index (κ3) is 10.8. The molecule has 0 radical (unpaired) electrons. The molecule has 2 saturated heterocycles. The molecule has 10 aromatic rings. The topological polar surface area (TPSA) is 177 Å². The molecule has 0 unspecified atom stereocenters. The fraction of sp³-hybridized carbons (Fsp3) is 0.286. The summed E-state index contributed by atoms with van der Waals surface area (Å²) in [4.78, 5) is 71.7. The van der Waals surface area contributed by atoms with Crippen molar-refractivity contribution < 1.29 is 9.59 Å². The van der Waals surface area contributed by atoms with Crippen LogP contribution in [0, 0.1) is 13.8 Å². The first-order valence-electron chi connectivity index (χ1n) is 24.7. The fourth-order valence-corrected chi connectivity index (χ4v) is 10.3. The summed E-state index contributed by atoms with van der Waals surface area (Å²) in [6, 6.07) is 36.5. The van der Waals surface area contributed by atoms with Gasteiger partial charge in [-0.1, -0.05) is 24.3 Å². The van der Waals surface area contributed by atoms with Gasteiger partial charge in [-0.15, -0.1) is 0 Å². The van der Waals surface area contributed by atoms with E-state index in [0.29, 0.717) is 45.3 Å². The molecular formula is C56H59BrN14O2. The maximum atomic E-state index is 13.4. The molecule has 0 bridgehead atoms. The molecule has 16 nitrogen and oxygen atoms in total. The number of nitrogens with one attached hydrogen (secondary N) is 3. The Hall–Kier alpha value is -7.60. The molecular weight excluding hydrogens is 981 g/mol. The second kappa shape index (κ2) is 21.2. The third-order valence-corrected chi connectivity index (χ3v) is 14.4. The minimum absolute atomic E-state index is 0.136. The van der Waals surface area contributed by atoms with E-state index in [4.69, 9.17) is 0 Å². The van der Waals surface area contributed by atoms with Crippen molar-refractivity contribution in [3.63, 3.8) is 0 Å². The smallest absolute Gasteiger partial charge is 0.228 e. The molecule has 2 aliphatic heterocycles. The Bertz CT molecular complexity index is 3540. The summed E-state index contributed by atoms with van der Waals surface area (Å²) in [5, 5.41) is 0. The molecule has 2 aliphatic rings. The number of benzene rings is 4. The number of aromatic amines is 3. The molecule has 2 fully saturated rings. The van der Waals surface area contributed by atoms with Crippen LogP contribution in [-0.2, 0) is 0 Å². The first-order chi connectivity index (χ1) is 35.3. The quantitative estimate of drug-likeness (QED) is 0.0923. The van der Waals surface area contributed by atoms with Crippen molar-refractivity contribution in [3.05, 3.63) is 161 Å². The molecule has 12 rings (SSSR count). The van der Waals surface area contributed by atoms with Crippen LogP contribution in [0.2, 0.25) is 0 Å². The molecule has 73 heavy (non-hydrogen) atoms. The number of carbonyl (C=O) groups is 2. The van der Waals surface area contributed by atoms with E-state index in [-0.39, 0.29) is 11.6 Å². The Morgan fingerprint density at radius 3 is 1.60 bits per heavy atom. The summed E-state index contributed by atoms with van der Waals surface area (Å²) in [6.07, 6.45) is 7.88. The minimum Gasteiger partial charge on any atom is -0.371 e. The Kier molecular flexibility index (Phi) is 14.3. The number of hydrogen-bond acceptors (Lipinski definition) is 12. The van der Waals surface area contributed by atoms with Crippen LogP contribution in [0.25, 0.3) is 50.0 Å². The normalized spacial score (nSPS) is 14.5. The lowest BCUT2D eigenvalue weighted by atomic mass is 10.0. The SMILES string of the molecule is CN(C)C1CCN(c2ccc3nc(C(=O)c4ccnc(Br)c4)[nH]c3c2)CC1.Cc1nc2ccccc2[nH]1.Cc1nc2ccccc2n1-c1cc(C(=O)c2nc3ccc(N4CCC(N(C)C)CC4)cc3[nH]2)ccn1. The van der Waals surface area contributed by atoms with Gasteiger partial charge in [0.2, 0.25) is 11.6 Å². The van der Waals surface area contributed by atoms with E-state index < -0.39 is 0 Å². The van der Waals surface area contributed by atoms with E-state index in [9.17, 15) is 9.59 Å². The van der Waals surface area contributed by atoms with E-state index in [1.54, 1.807) is 36.7 Å². The number of piperidine rings is 2. The summed E-state index contributed by atoms with van der Waals surface area (Å²) in [7, 11) is 8.61. The van der Waals surface area contributed by atoms with Gasteiger partial charge in [0.05, 0.1) is 44.1 Å². The van der Waals surface area contributed by atoms with Crippen molar-refractivity contribution in [1.82, 2.24) is 59.2 Å². The van der Waals surface area contributed by atoms with Crippen LogP contribution in [-0.4, -0.2) is 137 Å². The van der Waals surface area contributed by atoms with Gasteiger partial charge in [-0.3, -0.25) is 14.2 Å². The Morgan fingerprint density at radius 1 is 0.548 bits per heavy atom. The summed E-state index contributed by atoms with van der Waals surface area (Å²) in [6.45, 7) is 8.03. The number of imidazole rings is 4. The number of rotatable bonds is 9. The zero-order chi connectivity index (χ0) is 50.8. The van der Waals surface area contributed by atoms with Crippen molar-refractivity contribution >= 4 is 83.0 Å². The maximum Gasteiger partial charge on any atom is 0.228 e. The highest BCUT2D eigenvalue weighted by atomic mass is 79.9. The average Bonchev–Trinajstić information content (AvgIpc) is 4.21. The van der Waals surface area contributed by atoms with Crippen molar-refractivity contribution in [2.45, 2.75) is 51.6 Å². The number of fused-ring (bicyclic) bond motifs is 4. The highest BCUT2D eigenvalue weighted by Crippen LogP contribution is 2.28. The summed E-state index contributed by atoms with van der Waals surface area (Å²) in [5.41, 5.74) is 10.8. The van der Waals surface area contributed by atoms with Gasteiger partial charge in [0, 0.05) is 73.2 Å². The molecule has 6 aromatic heterocycles. The van der Waals surface area contributed by atoms with Gasteiger partial charge in [-0.25, -0.2) is 29.9 Å². The number of carbonyl (C=O) groups excluding carboxylic acids is 2. The molecule has 372 valence electrons. The highest BCUT2D eigenvalue weighted by Gasteiger charge is 2.24. The largest absolute Gasteiger partial charge is 0.371 e. The summed E-state index contributed by atoms with van der Waals surface area (Å²) < 4.78 is 2.60. The van der Waals surface area contributed by atoms with E-state index in [0.717, 1.165) is 113 Å². The Balaban J connectivity index is 0.000000144. The van der Waals surface area contributed by atoms with Gasteiger partial charge in [0.25, 0.3) is 0 Å². The minimum atomic E-state index is -0.162. The van der Waals surface area contributed by atoms with Gasteiger partial charge >= 0.3 is 0 Å². The highest BCUT2D eigenvalue weighted by molar-refractivity contribution is 9.10. The van der Waals surface area contributed by atoms with E-state index >= 15 is 0 Å². The first-order valence-corrected chi connectivity index (χ1v) is 25.5. The van der Waals surface area contributed by atoms with Gasteiger partial charge in [0.15, 0.2) is 11.6 Å². The van der Waals surface area contributed by atoms with Gasteiger partial charge in [-0.2, -0.15) is 0 Å². The van der Waals surface area contributed by atoms with Crippen LogP contribution >= 0.6 is 15.9 Å². The number of aryl methyl sites for hydroxylation is 2. The van der Waals surface area contributed by atoms with E-state index in [1.165, 1.54) is 5.69 Å². The second-order valence-corrected chi connectivity index (χ2v) is 20.0. The molecule has 0 amide bonds. The van der Waals surface area contributed by atoms with Crippen LogP contribution in [0.5, 0.6) is 0 Å². The standard InChI is InChI=1S/C28H29N7O.C20H22BrN5O.C8H8N2/c1-18-30-23-6-4-5-7-25(23)35(18)26-16-19(10-13-29-26)27(36)28-31-22-9-8-21(17-24(22)32-28)34-14-11-20(12-15-34)33(2)3;1-25(2)14-6-9-26(10-7-14)15-3-4-16-17(12-15)24-20(23-16)19(27)13-5-8-22-18(21)11-13;1-6-9-7-4-2-3-5-8(7)10-6/h4-10,13,16-17,20H,11-12,14-15H2,1-3H3,(H,31,32);3-5,8,11-12,14H,6-7,9-10H2,1-2H3,(H,23,24);2-5H,1H3,(H,9,10). The number of H-pyrrole nitrogens is 3. The zero-order valence-electron chi connectivity index (χ0n) is 42.0. The molecule has 0 atom stereocenters. The number of halogens is 1. The van der Waals surface area contributed by atoms with Crippen molar-refractivity contribution in [3.8, 4) is 5.82 Å². The van der Waals surface area contributed by atoms with Gasteiger partial charge in [-0.05, 0) is 169 Å². The Morgan fingerprint density at radius 2 is 1.05 bits per heavy atom. The first kappa shape index (κ1) is 49.0. The monoisotopic (exact) mass is 1040 g/mol. The van der Waals surface area contributed by atoms with Crippen molar-refractivity contribution in [2.24, 2.45) is 0 Å². The van der Waals surface area contributed by atoms with Gasteiger partial charge < -0.3 is 34.6 Å². The summed E-state index contributed by atoms with van der Waals surface area (Å²) in [5.74, 6) is 2.84. The Labute approximate surface area is 432 Å². The predicted octanol–water partition coefficient (Wildman–Crippen LogP) is 9.72. The molecule has 3 N–H and O–H groups in total. The third-order valence-electron chi connectivity index (χ3n) is 13.9. The maximum absolute atomic E-state index is 13.4. The molecule has 0 spiro atoms. The van der Waals surface area contributed by atoms with Crippen LogP contribution in [0.4, 0.5) is 11.4 Å². The number of para-hydroxylation sites is 4. The van der Waals surface area contributed by atoms with E-state index in [1.807, 2.05) is 79.1 Å². The molecule has 8 heterocycles. The molecule has 0 aliphatic carbocycles. The number of pyridine rings is 2. The average molecular weight is 1040 g/mol. The lowest BCUT2D eigenvalue weighted by Crippen LogP contribution is -2.41. The molecule has 0 saturated carbocycles. The zero-order valence-corrected chi connectivity index (χ0v) is 43.6. The lowest BCUT2D eigenvalue weighted by Gasteiger charge is -2.36. The fourth-order valence-electron chi connectivity index (χ4n) is 9.90. The lowest BCUT2D eigenvalue weighted by molar-refractivity contribution is 0.102. The van der Waals surface area contributed by atoms with Crippen molar-refractivity contribution in [1.29, 1.82) is 0 Å². The molecule has 4 aromatic carbocycles. The number of aromatic nitrogens is 10. The van der Waals surface area contributed by atoms with Crippen LogP contribution in [0.1, 0.15) is 69.7 Å². The van der Waals surface area contributed by atoms with Gasteiger partial charge in [0.1, 0.15) is 22.1 Å². The number of ketones is 2. The number of hydrogen-bond donors (Lipinski definition) is 3. The molecule has 17 heteroatoms. The number of nitrogens with zero attached hydrogens (tertiary/aromatic N) is 11. The van der Waals surface area contributed by atoms with E-state index in [2.05, 4.69) is 133 Å².